The molecule has 5 heterocycles. The predicted octanol–water partition coefficient (Wildman–Crippen LogP) is -0.758. The summed E-state index contributed by atoms with van der Waals surface area (Å²) in [6.07, 6.45) is 5.31. The van der Waals surface area contributed by atoms with Crippen LogP contribution in [-0.4, -0.2) is 189 Å². The summed E-state index contributed by atoms with van der Waals surface area (Å²) in [5.74, 6) is -4.85. The normalized spacial score (nSPS) is 24.4. The second-order valence-electron chi connectivity index (χ2n) is 24.1. The number of hydrogen-bond donors (Lipinski definition) is 13. The molecule has 1 saturated heterocycles. The van der Waals surface area contributed by atoms with Crippen molar-refractivity contribution in [2.24, 2.45) is 17.6 Å². The monoisotopic (exact) mass is 1300 g/mol. The molecule has 3 aromatic rings. The van der Waals surface area contributed by atoms with Crippen LogP contribution in [0.15, 0.2) is 83.1 Å². The molecule has 27 nitrogen and oxygen atoms in total. The minimum atomic E-state index is -2.40. The molecule has 28 heteroatoms. The van der Waals surface area contributed by atoms with Crippen molar-refractivity contribution >= 4 is 86.5 Å². The van der Waals surface area contributed by atoms with Crippen LogP contribution in [-0.2, 0) is 65.2 Å². The van der Waals surface area contributed by atoms with Crippen LogP contribution in [0.4, 0.5) is 5.69 Å². The van der Waals surface area contributed by atoms with Gasteiger partial charge in [-0.25, -0.2) is 0 Å². The van der Waals surface area contributed by atoms with E-state index in [2.05, 4.69) is 78.1 Å². The van der Waals surface area contributed by atoms with E-state index in [1.807, 2.05) is 29.2 Å². The van der Waals surface area contributed by atoms with E-state index < -0.39 is 176 Å². The number of nitrogens with two attached hydrogens (primary N) is 1. The standard InChI is InChI=1S/C65H84N12O15S/c1-5-36(2)57-62(88)69-30-54(82)70-49-35-93(91)64-45(28-47(59(85)68-31-55(83)74-57)71-63(89)58(38(4)52(80)34-78)75-61(87)51-26-42(79)33-77(51)65(90)48(29-53(66)81)72-60(49)86)44-22-21-43(27-46(44)73-64)92-25-13-7-6-12-24-67-37(3)18-23-56(84)76-32-41-16-9-8-14-39(41)19-20-40-15-10-11-17-50(40)76/h9-11,15-17,21-22,27,36,38,42,47-49,51-52,57-58,67,73,78-80H,3,5-8,12-14,18,23-26,28-35H2,1-2,4H3,(H2,66,81)(H,68,85)(H,69,88)(H,70,82)(H,71,89)(H,72,86)(H,74,83)(H,75,87)/t36-,38+,42-,47+,48+,49-,51?,52+,57+,58+,93?/m1/s1. The largest absolute Gasteiger partial charge is 0.494 e. The summed E-state index contributed by atoms with van der Waals surface area (Å²) in [7, 11) is -2.40. The topological polar surface area (TPSA) is 402 Å². The summed E-state index contributed by atoms with van der Waals surface area (Å²) in [6, 6.07) is 2.50. The lowest BCUT2D eigenvalue weighted by Crippen LogP contribution is -2.62. The third-order valence-electron chi connectivity index (χ3n) is 17.3. The third kappa shape index (κ3) is 18.2. The number of aromatic nitrogens is 1. The second kappa shape index (κ2) is 32.6. The fourth-order valence-electron chi connectivity index (χ4n) is 11.7. The number of hydrogen-bond acceptors (Lipinski definition) is 16. The Labute approximate surface area is 541 Å². The highest BCUT2D eigenvalue weighted by molar-refractivity contribution is 7.85. The van der Waals surface area contributed by atoms with Gasteiger partial charge >= 0.3 is 0 Å². The number of fused-ring (bicyclic) bond motifs is 6. The van der Waals surface area contributed by atoms with E-state index in [0.29, 0.717) is 49.0 Å². The van der Waals surface area contributed by atoms with Crippen molar-refractivity contribution in [2.45, 2.75) is 151 Å². The van der Waals surface area contributed by atoms with Crippen molar-refractivity contribution < 1.29 is 72.2 Å². The first-order chi connectivity index (χ1) is 44.5. The molecule has 2 aromatic carbocycles. The lowest BCUT2D eigenvalue weighted by Gasteiger charge is -2.32. The number of allylic oxidation sites excluding steroid dienone is 3. The highest BCUT2D eigenvalue weighted by Crippen LogP contribution is 2.32. The third-order valence-corrected chi connectivity index (χ3v) is 18.8. The highest BCUT2D eigenvalue weighted by atomic mass is 32.2. The van der Waals surface area contributed by atoms with Gasteiger partial charge in [-0.1, -0.05) is 82.7 Å². The number of para-hydroxylation sites is 1. The number of amides is 10. The Morgan fingerprint density at radius 3 is 2.35 bits per heavy atom. The Kier molecular flexibility index (Phi) is 24.5. The number of anilines is 1. The number of nitrogens with one attached hydrogen (secondary N) is 9. The van der Waals surface area contributed by atoms with Crippen LogP contribution in [0.2, 0.25) is 0 Å². The van der Waals surface area contributed by atoms with E-state index in [1.165, 1.54) is 6.92 Å². The summed E-state index contributed by atoms with van der Waals surface area (Å²) < 4.78 is 21.3. The average molecular weight is 1310 g/mol. The smallest absolute Gasteiger partial charge is 0.246 e. The summed E-state index contributed by atoms with van der Waals surface area (Å²) in [5, 5.41) is 53.0. The van der Waals surface area contributed by atoms with Crippen LogP contribution < -0.4 is 57.9 Å². The van der Waals surface area contributed by atoms with E-state index >= 15 is 4.21 Å². The Morgan fingerprint density at radius 2 is 1.60 bits per heavy atom. The fraction of sp³-hybridized carbons (Fsp3) is 0.508. The van der Waals surface area contributed by atoms with E-state index in [1.54, 1.807) is 32.0 Å². The molecule has 1 aliphatic carbocycles. The van der Waals surface area contributed by atoms with E-state index in [4.69, 9.17) is 10.5 Å². The minimum Gasteiger partial charge on any atom is -0.494 e. The van der Waals surface area contributed by atoms with Crippen molar-refractivity contribution in [3.8, 4) is 17.6 Å². The number of carbonyl (C=O) groups excluding carboxylic acids is 10. The van der Waals surface area contributed by atoms with Gasteiger partial charge in [0.15, 0.2) is 0 Å². The van der Waals surface area contributed by atoms with Crippen molar-refractivity contribution in [3.05, 3.63) is 89.2 Å². The average Bonchev–Trinajstić information content (AvgIpc) is 1.68. The molecule has 0 radical (unpaired) electrons. The first-order valence-corrected chi connectivity index (χ1v) is 32.8. The molecular formula is C65H84N12O15S. The second-order valence-corrected chi connectivity index (χ2v) is 25.5. The summed E-state index contributed by atoms with van der Waals surface area (Å²) >= 11 is 0. The molecule has 0 saturated carbocycles. The Morgan fingerprint density at radius 1 is 0.860 bits per heavy atom. The Balaban J connectivity index is 1.02. The molecule has 10 amide bonds. The maximum atomic E-state index is 15.1. The predicted molar refractivity (Wildman–Crippen MR) is 342 cm³/mol. The zero-order valence-electron chi connectivity index (χ0n) is 52.4. The first kappa shape index (κ1) is 70.0. The Bertz CT molecular complexity index is 3520. The van der Waals surface area contributed by atoms with Crippen LogP contribution >= 0.6 is 0 Å². The van der Waals surface area contributed by atoms with E-state index in [9.17, 15) is 63.3 Å². The molecule has 5 aliphatic rings. The van der Waals surface area contributed by atoms with Gasteiger partial charge in [-0.05, 0) is 73.4 Å². The van der Waals surface area contributed by atoms with Crippen LogP contribution in [0.25, 0.3) is 10.9 Å². The number of rotatable bonds is 19. The van der Waals surface area contributed by atoms with Gasteiger partial charge in [0.05, 0.1) is 79.2 Å². The van der Waals surface area contributed by atoms with Gasteiger partial charge in [0.1, 0.15) is 47.0 Å². The van der Waals surface area contributed by atoms with Crippen LogP contribution in [0.5, 0.6) is 5.75 Å². The fourth-order valence-corrected chi connectivity index (χ4v) is 13.1. The van der Waals surface area contributed by atoms with Crippen LogP contribution in [0.1, 0.15) is 103 Å². The minimum absolute atomic E-state index is 0.0178. The quantitative estimate of drug-likeness (QED) is 0.0518. The van der Waals surface area contributed by atoms with Crippen molar-refractivity contribution in [2.75, 3.05) is 56.6 Å². The lowest BCUT2D eigenvalue weighted by atomic mass is 9.93. The number of ether oxygens (including phenoxy) is 1. The molecule has 1 fully saturated rings. The number of aromatic amines is 1. The number of unbranched alkanes of at least 4 members (excludes halogenated alkanes) is 3. The van der Waals surface area contributed by atoms with E-state index in [0.717, 1.165) is 65.1 Å². The molecule has 1 aromatic heterocycles. The van der Waals surface area contributed by atoms with Crippen molar-refractivity contribution in [1.82, 2.24) is 52.4 Å². The zero-order chi connectivity index (χ0) is 67.0. The number of carbonyl (C=O) groups is 10. The number of primary amides is 1. The molecule has 500 valence electrons. The molecule has 2 bridgehead atoms. The van der Waals surface area contributed by atoms with Crippen LogP contribution in [0, 0.1) is 23.7 Å². The summed E-state index contributed by atoms with van der Waals surface area (Å²) in [5.41, 5.74) is 10.5. The van der Waals surface area contributed by atoms with Gasteiger partial charge in [0.25, 0.3) is 0 Å². The van der Waals surface area contributed by atoms with Crippen LogP contribution in [0.3, 0.4) is 0 Å². The molecule has 14 N–H and O–H groups in total. The van der Waals surface area contributed by atoms with Gasteiger partial charge in [-0.3, -0.25) is 52.2 Å². The molecule has 8 rings (SSSR count). The molecule has 11 atom stereocenters. The maximum Gasteiger partial charge on any atom is 0.246 e. The van der Waals surface area contributed by atoms with E-state index in [-0.39, 0.29) is 29.5 Å². The number of nitrogens with zero attached hydrogens (tertiary/aromatic N) is 2. The number of aliphatic hydroxyl groups is 3. The lowest BCUT2D eigenvalue weighted by molar-refractivity contribution is -0.144. The number of benzene rings is 2. The molecule has 0 spiro atoms. The SMILES string of the molecule is C=C(CCC(=O)N1CC2=C(C#Cc3ccccc31)CCC=C2)NCCCCCCOc1ccc2c3c([nH]c2c1)S(=O)C[C@H]1NC(=O)CNC(=O)[C@H]([C@H](C)CC)NC(=O)CNC(=O)[C@H](C3)NC(=O)[C@H]([C@@H](C)[C@@H](O)CO)NC(=O)C2C[C@@H](O)CN2C(=O)[C@H](CC(N)=O)NC1=O. The highest BCUT2D eigenvalue weighted by Gasteiger charge is 2.45. The number of aliphatic hydroxyl groups excluding tert-OH is 3. The molecule has 4 aliphatic heterocycles. The van der Waals surface area contributed by atoms with Gasteiger partial charge < -0.3 is 83.1 Å². The van der Waals surface area contributed by atoms with Crippen molar-refractivity contribution in [3.63, 3.8) is 0 Å². The molecule has 2 unspecified atom stereocenters. The van der Waals surface area contributed by atoms with Gasteiger partial charge in [0.2, 0.25) is 59.1 Å². The maximum absolute atomic E-state index is 15.1. The first-order valence-electron chi connectivity index (χ1n) is 31.5. The molecular weight excluding hydrogens is 1220 g/mol. The van der Waals surface area contributed by atoms with Gasteiger partial charge in [0, 0.05) is 66.6 Å². The van der Waals surface area contributed by atoms with Gasteiger partial charge in [-0.2, -0.15) is 0 Å². The zero-order valence-corrected chi connectivity index (χ0v) is 53.3. The Hall–Kier alpha value is -8.91. The van der Waals surface area contributed by atoms with Gasteiger partial charge in [-0.15, -0.1) is 0 Å². The van der Waals surface area contributed by atoms with Crippen molar-refractivity contribution in [1.29, 1.82) is 0 Å². The summed E-state index contributed by atoms with van der Waals surface area (Å²) in [6.45, 7) is 7.33. The summed E-state index contributed by atoms with van der Waals surface area (Å²) in [4.78, 5) is 146. The number of H-pyrrole nitrogens is 1. The molecule has 93 heavy (non-hydrogen) atoms.